The van der Waals surface area contributed by atoms with Crippen LogP contribution in [0.2, 0.25) is 0 Å². The Balaban J connectivity index is 2.34. The van der Waals surface area contributed by atoms with Crippen molar-refractivity contribution < 1.29 is 9.53 Å². The number of esters is 1. The van der Waals surface area contributed by atoms with E-state index in [4.69, 9.17) is 10.5 Å². The molecule has 3 nitrogen and oxygen atoms in total. The molecule has 2 N–H and O–H groups in total. The van der Waals surface area contributed by atoms with E-state index < -0.39 is 6.04 Å². The van der Waals surface area contributed by atoms with Gasteiger partial charge in [-0.1, -0.05) is 30.3 Å². The number of carbonyl (C=O) groups excluding carboxylic acids is 1. The van der Waals surface area contributed by atoms with E-state index in [9.17, 15) is 4.79 Å². The van der Waals surface area contributed by atoms with Crippen LogP contribution in [0.1, 0.15) is 5.56 Å². The number of ether oxygens (including phenoxy) is 1. The quantitative estimate of drug-likeness (QED) is 0.770. The maximum Gasteiger partial charge on any atom is 0.324 e. The standard InChI is InChI=1S/C11H15NO2S/c1-15-8-10(12)11(13)14-7-9-5-3-2-4-6-9/h2-6,10H,7-8,12H2,1H3/t10-/m0/s1. The van der Waals surface area contributed by atoms with Gasteiger partial charge in [-0.05, 0) is 11.8 Å². The van der Waals surface area contributed by atoms with E-state index in [1.54, 1.807) is 0 Å². The molecule has 1 rings (SSSR count). The first-order chi connectivity index (χ1) is 7.24. The number of rotatable bonds is 5. The van der Waals surface area contributed by atoms with Gasteiger partial charge in [0.1, 0.15) is 12.6 Å². The summed E-state index contributed by atoms with van der Waals surface area (Å²) in [5.74, 6) is 0.251. The Morgan fingerprint density at radius 1 is 1.47 bits per heavy atom. The van der Waals surface area contributed by atoms with Crippen molar-refractivity contribution in [2.45, 2.75) is 12.6 Å². The van der Waals surface area contributed by atoms with Gasteiger partial charge in [-0.25, -0.2) is 0 Å². The van der Waals surface area contributed by atoms with Gasteiger partial charge in [-0.15, -0.1) is 0 Å². The van der Waals surface area contributed by atoms with E-state index >= 15 is 0 Å². The predicted molar refractivity (Wildman–Crippen MR) is 62.6 cm³/mol. The van der Waals surface area contributed by atoms with Crippen LogP contribution in [0.3, 0.4) is 0 Å². The molecule has 1 atom stereocenters. The summed E-state index contributed by atoms with van der Waals surface area (Å²) in [6.07, 6.45) is 1.91. The number of thioether (sulfide) groups is 1. The topological polar surface area (TPSA) is 52.3 Å². The fraction of sp³-hybridized carbons (Fsp3) is 0.364. The number of benzene rings is 1. The summed E-state index contributed by atoms with van der Waals surface area (Å²) >= 11 is 1.53. The Kier molecular flexibility index (Phi) is 5.21. The lowest BCUT2D eigenvalue weighted by atomic mass is 10.2. The lowest BCUT2D eigenvalue weighted by Gasteiger charge is -2.09. The number of nitrogens with two attached hydrogens (primary N) is 1. The van der Waals surface area contributed by atoms with Crippen LogP contribution in [-0.2, 0) is 16.1 Å². The Hall–Kier alpha value is -1.00. The van der Waals surface area contributed by atoms with Gasteiger partial charge in [0.15, 0.2) is 0 Å². The molecule has 0 bridgehead atoms. The molecule has 0 aliphatic heterocycles. The Labute approximate surface area is 94.0 Å². The summed E-state index contributed by atoms with van der Waals surface area (Å²) in [6, 6.07) is 9.03. The normalized spacial score (nSPS) is 12.1. The van der Waals surface area contributed by atoms with Crippen molar-refractivity contribution >= 4 is 17.7 Å². The third-order valence-electron chi connectivity index (χ3n) is 1.87. The minimum Gasteiger partial charge on any atom is -0.460 e. The average molecular weight is 225 g/mol. The highest BCUT2D eigenvalue weighted by molar-refractivity contribution is 7.98. The molecule has 0 saturated heterocycles. The van der Waals surface area contributed by atoms with Gasteiger partial charge < -0.3 is 10.5 Å². The third-order valence-corrected chi connectivity index (χ3v) is 2.57. The van der Waals surface area contributed by atoms with Crippen molar-refractivity contribution in [3.05, 3.63) is 35.9 Å². The zero-order valence-electron chi connectivity index (χ0n) is 8.68. The monoisotopic (exact) mass is 225 g/mol. The van der Waals surface area contributed by atoms with E-state index in [-0.39, 0.29) is 5.97 Å². The summed E-state index contributed by atoms with van der Waals surface area (Å²) in [5, 5.41) is 0. The van der Waals surface area contributed by atoms with E-state index in [0.29, 0.717) is 12.4 Å². The second-order valence-corrected chi connectivity index (χ2v) is 4.07. The summed E-state index contributed by atoms with van der Waals surface area (Å²) < 4.78 is 5.07. The predicted octanol–water partition coefficient (Wildman–Crippen LogP) is 1.42. The number of hydrogen-bond donors (Lipinski definition) is 1. The van der Waals surface area contributed by atoms with Gasteiger partial charge in [0.25, 0.3) is 0 Å². The van der Waals surface area contributed by atoms with Gasteiger partial charge in [-0.2, -0.15) is 11.8 Å². The molecule has 1 aromatic carbocycles. The summed E-state index contributed by atoms with van der Waals surface area (Å²) in [6.45, 7) is 0.293. The highest BCUT2D eigenvalue weighted by Crippen LogP contribution is 2.03. The number of hydrogen-bond acceptors (Lipinski definition) is 4. The molecule has 82 valence electrons. The van der Waals surface area contributed by atoms with Crippen molar-refractivity contribution in [3.8, 4) is 0 Å². The van der Waals surface area contributed by atoms with E-state index in [1.165, 1.54) is 11.8 Å². The first-order valence-corrected chi connectivity index (χ1v) is 6.08. The van der Waals surface area contributed by atoms with Crippen LogP contribution in [0.4, 0.5) is 0 Å². The molecule has 4 heteroatoms. The highest BCUT2D eigenvalue weighted by atomic mass is 32.2. The molecule has 0 saturated carbocycles. The Bertz CT molecular complexity index is 303. The molecule has 0 amide bonds. The van der Waals surface area contributed by atoms with Gasteiger partial charge >= 0.3 is 5.97 Å². The Morgan fingerprint density at radius 2 is 2.13 bits per heavy atom. The molecule has 0 fully saturated rings. The van der Waals surface area contributed by atoms with Crippen molar-refractivity contribution in [1.29, 1.82) is 0 Å². The largest absolute Gasteiger partial charge is 0.460 e. The van der Waals surface area contributed by atoms with Crippen LogP contribution >= 0.6 is 11.8 Å². The SMILES string of the molecule is CSC[C@H](N)C(=O)OCc1ccccc1. The molecule has 0 aliphatic rings. The van der Waals surface area contributed by atoms with Crippen LogP contribution in [0.25, 0.3) is 0 Å². The van der Waals surface area contributed by atoms with Crippen LogP contribution < -0.4 is 5.73 Å². The first kappa shape index (κ1) is 12.1. The minimum atomic E-state index is -0.524. The molecule has 0 aliphatic carbocycles. The average Bonchev–Trinajstić information content (AvgIpc) is 2.27. The fourth-order valence-electron chi connectivity index (χ4n) is 1.08. The first-order valence-electron chi connectivity index (χ1n) is 4.69. The molecule has 0 heterocycles. The highest BCUT2D eigenvalue weighted by Gasteiger charge is 2.13. The molecular weight excluding hydrogens is 210 g/mol. The summed E-state index contributed by atoms with van der Waals surface area (Å²) in [4.78, 5) is 11.3. The second-order valence-electron chi connectivity index (χ2n) is 3.16. The van der Waals surface area contributed by atoms with Gasteiger partial charge in [0, 0.05) is 5.75 Å². The van der Waals surface area contributed by atoms with Gasteiger partial charge in [0.05, 0.1) is 0 Å². The van der Waals surface area contributed by atoms with E-state index in [0.717, 1.165) is 5.56 Å². The van der Waals surface area contributed by atoms with Crippen LogP contribution in [-0.4, -0.2) is 24.0 Å². The van der Waals surface area contributed by atoms with Crippen LogP contribution in [0.5, 0.6) is 0 Å². The molecule has 0 spiro atoms. The minimum absolute atomic E-state index is 0.293. The summed E-state index contributed by atoms with van der Waals surface area (Å²) in [7, 11) is 0. The number of carbonyl (C=O) groups is 1. The molecule has 15 heavy (non-hydrogen) atoms. The van der Waals surface area contributed by atoms with Crippen LogP contribution in [0, 0.1) is 0 Å². The lowest BCUT2D eigenvalue weighted by molar-refractivity contribution is -0.145. The smallest absolute Gasteiger partial charge is 0.324 e. The van der Waals surface area contributed by atoms with E-state index in [2.05, 4.69) is 0 Å². The lowest BCUT2D eigenvalue weighted by Crippen LogP contribution is -2.34. The zero-order valence-corrected chi connectivity index (χ0v) is 9.50. The molecule has 0 radical (unpaired) electrons. The maximum atomic E-state index is 11.3. The second kappa shape index (κ2) is 6.48. The van der Waals surface area contributed by atoms with Crippen molar-refractivity contribution in [1.82, 2.24) is 0 Å². The van der Waals surface area contributed by atoms with E-state index in [1.807, 2.05) is 36.6 Å². The van der Waals surface area contributed by atoms with Gasteiger partial charge in [-0.3, -0.25) is 4.79 Å². The third kappa shape index (κ3) is 4.36. The molecule has 0 aromatic heterocycles. The molecule has 1 aromatic rings. The van der Waals surface area contributed by atoms with Crippen LogP contribution in [0.15, 0.2) is 30.3 Å². The zero-order chi connectivity index (χ0) is 11.1. The summed E-state index contributed by atoms with van der Waals surface area (Å²) in [5.41, 5.74) is 6.57. The van der Waals surface area contributed by atoms with Crippen molar-refractivity contribution in [2.75, 3.05) is 12.0 Å². The molecular formula is C11H15NO2S. The molecule has 0 unspecified atom stereocenters. The fourth-order valence-corrected chi connectivity index (χ4v) is 1.58. The van der Waals surface area contributed by atoms with Crippen molar-refractivity contribution in [2.24, 2.45) is 5.73 Å². The maximum absolute atomic E-state index is 11.3. The van der Waals surface area contributed by atoms with Crippen molar-refractivity contribution in [3.63, 3.8) is 0 Å². The van der Waals surface area contributed by atoms with Gasteiger partial charge in [0.2, 0.25) is 0 Å². The Morgan fingerprint density at radius 3 is 2.73 bits per heavy atom.